The van der Waals surface area contributed by atoms with E-state index in [-0.39, 0.29) is 10.8 Å². The van der Waals surface area contributed by atoms with Crippen LogP contribution in [-0.4, -0.2) is 18.9 Å². The van der Waals surface area contributed by atoms with Gasteiger partial charge >= 0.3 is 0 Å². The van der Waals surface area contributed by atoms with Crippen LogP contribution in [0.1, 0.15) is 23.6 Å². The maximum atomic E-state index is 12.5. The second kappa shape index (κ2) is 6.33. The minimum absolute atomic E-state index is 0.239. The van der Waals surface area contributed by atoms with Gasteiger partial charge in [-0.3, -0.25) is 9.35 Å². The van der Waals surface area contributed by atoms with Gasteiger partial charge < -0.3 is 5.32 Å². The van der Waals surface area contributed by atoms with Crippen molar-refractivity contribution in [2.75, 3.05) is 5.32 Å². The van der Waals surface area contributed by atoms with Crippen molar-refractivity contribution in [3.63, 3.8) is 0 Å². The van der Waals surface area contributed by atoms with Crippen molar-refractivity contribution in [3.8, 4) is 11.1 Å². The van der Waals surface area contributed by atoms with Crippen LogP contribution in [0.3, 0.4) is 0 Å². The number of hydrogen-bond acceptors (Lipinski definition) is 3. The summed E-state index contributed by atoms with van der Waals surface area (Å²) in [7, 11) is -4.35. The number of rotatable bonds is 3. The first-order valence-corrected chi connectivity index (χ1v) is 9.98. The molecule has 27 heavy (non-hydrogen) atoms. The predicted molar refractivity (Wildman–Crippen MR) is 105 cm³/mol. The van der Waals surface area contributed by atoms with E-state index in [1.54, 1.807) is 6.08 Å². The number of aryl methyl sites for hydroxylation is 1. The van der Waals surface area contributed by atoms with Crippen molar-refractivity contribution in [2.45, 2.75) is 18.2 Å². The van der Waals surface area contributed by atoms with Gasteiger partial charge in [-0.25, -0.2) is 0 Å². The van der Waals surface area contributed by atoms with Gasteiger partial charge in [0.25, 0.3) is 16.0 Å². The molecule has 0 aromatic heterocycles. The molecule has 1 aliphatic heterocycles. The van der Waals surface area contributed by atoms with Crippen LogP contribution in [0.2, 0.25) is 0 Å². The Kier molecular flexibility index (Phi) is 4.09. The van der Waals surface area contributed by atoms with E-state index in [9.17, 15) is 17.8 Å². The molecular weight excluding hydrogens is 362 g/mol. The topological polar surface area (TPSA) is 83.5 Å². The van der Waals surface area contributed by atoms with Gasteiger partial charge in [0.1, 0.15) is 0 Å². The summed E-state index contributed by atoms with van der Waals surface area (Å²) in [6.07, 6.45) is 2.63. The summed E-state index contributed by atoms with van der Waals surface area (Å²) >= 11 is 0. The summed E-state index contributed by atoms with van der Waals surface area (Å²) in [4.78, 5) is 12.2. The smallest absolute Gasteiger partial charge is 0.294 e. The fraction of sp³-hybridized carbons (Fsp3) is 0.0952. The fourth-order valence-corrected chi connectivity index (χ4v) is 3.97. The maximum Gasteiger partial charge on any atom is 0.294 e. The number of nitrogens with one attached hydrogen (secondary N) is 1. The van der Waals surface area contributed by atoms with E-state index in [0.717, 1.165) is 23.1 Å². The van der Waals surface area contributed by atoms with Crippen molar-refractivity contribution >= 4 is 33.4 Å². The second-order valence-electron chi connectivity index (χ2n) is 6.41. The molecule has 0 bridgehead atoms. The molecule has 4 rings (SSSR count). The summed E-state index contributed by atoms with van der Waals surface area (Å²) in [5.41, 5.74) is 5.58. The van der Waals surface area contributed by atoms with Crippen LogP contribution < -0.4 is 5.32 Å². The highest BCUT2D eigenvalue weighted by atomic mass is 32.2. The van der Waals surface area contributed by atoms with Gasteiger partial charge in [-0.1, -0.05) is 43.3 Å². The quantitative estimate of drug-likeness (QED) is 0.530. The molecule has 0 unspecified atom stereocenters. The molecule has 1 heterocycles. The highest BCUT2D eigenvalue weighted by Crippen LogP contribution is 2.38. The summed E-state index contributed by atoms with van der Waals surface area (Å²) in [5, 5.41) is 2.74. The average Bonchev–Trinajstić information content (AvgIpc) is 2.99. The second-order valence-corrected chi connectivity index (χ2v) is 7.83. The molecule has 0 radical (unpaired) electrons. The van der Waals surface area contributed by atoms with Crippen molar-refractivity contribution in [1.29, 1.82) is 0 Å². The zero-order valence-electron chi connectivity index (χ0n) is 14.6. The third kappa shape index (κ3) is 3.03. The van der Waals surface area contributed by atoms with Crippen molar-refractivity contribution in [3.05, 3.63) is 71.3 Å². The first-order valence-electron chi connectivity index (χ1n) is 8.54. The number of hydrogen-bond donors (Lipinski definition) is 2. The van der Waals surface area contributed by atoms with E-state index >= 15 is 0 Å². The van der Waals surface area contributed by atoms with Gasteiger partial charge in [0.15, 0.2) is 0 Å². The van der Waals surface area contributed by atoms with Crippen molar-refractivity contribution in [1.82, 2.24) is 0 Å². The van der Waals surface area contributed by atoms with Crippen LogP contribution >= 0.6 is 0 Å². The van der Waals surface area contributed by atoms with Gasteiger partial charge in [0.05, 0.1) is 4.90 Å². The Morgan fingerprint density at radius 1 is 1.00 bits per heavy atom. The lowest BCUT2D eigenvalue weighted by Crippen LogP contribution is -2.03. The largest absolute Gasteiger partial charge is 0.321 e. The minimum atomic E-state index is -4.35. The van der Waals surface area contributed by atoms with Crippen LogP contribution in [0.5, 0.6) is 0 Å². The molecule has 0 saturated carbocycles. The molecule has 1 aromatic rings. The number of benzene rings is 1. The first kappa shape index (κ1) is 17.5. The van der Waals surface area contributed by atoms with Crippen LogP contribution in [0.4, 0.5) is 5.69 Å². The number of amides is 1. The van der Waals surface area contributed by atoms with E-state index in [0.29, 0.717) is 16.8 Å². The molecule has 0 saturated heterocycles. The van der Waals surface area contributed by atoms with Crippen molar-refractivity contribution in [2.24, 2.45) is 0 Å². The fourth-order valence-electron chi connectivity index (χ4n) is 3.46. The van der Waals surface area contributed by atoms with Crippen molar-refractivity contribution < 1.29 is 17.8 Å². The lowest BCUT2D eigenvalue weighted by Gasteiger charge is -2.02. The molecule has 2 aliphatic carbocycles. The Bertz CT molecular complexity index is 1180. The summed E-state index contributed by atoms with van der Waals surface area (Å²) < 4.78 is 32.2. The zero-order chi connectivity index (χ0) is 19.2. The van der Waals surface area contributed by atoms with E-state index < -0.39 is 10.1 Å². The highest BCUT2D eigenvalue weighted by molar-refractivity contribution is 7.85. The van der Waals surface area contributed by atoms with Gasteiger partial charge in [-0.05, 0) is 52.9 Å². The zero-order valence-corrected chi connectivity index (χ0v) is 15.4. The normalized spacial score (nSPS) is 15.2. The summed E-state index contributed by atoms with van der Waals surface area (Å²) in [6, 6.07) is 16.1. The van der Waals surface area contributed by atoms with E-state index in [1.165, 1.54) is 23.8 Å². The average molecular weight is 379 g/mol. The lowest BCUT2D eigenvalue weighted by molar-refractivity contribution is -0.110. The summed E-state index contributed by atoms with van der Waals surface area (Å²) in [6.45, 7) is 2.08. The standard InChI is InChI=1S/C21H17NO4S/c1-2-13-10-14(17-7-5-3-4-6-16(13)17)11-19-18-12-15(27(24,25)26)8-9-20(18)22-21(19)23/h3-12H,2H2,1H3,(H,22,23)(H,24,25,26). The molecule has 2 N–H and O–H groups in total. The Balaban J connectivity index is 1.91. The molecule has 136 valence electrons. The van der Waals surface area contributed by atoms with Crippen LogP contribution in [0.25, 0.3) is 22.8 Å². The SMILES string of the molecule is CCc1cc(C=C2C(=O)Nc3ccc(S(=O)(=O)O)cc32)c2cccccc1-2. The van der Waals surface area contributed by atoms with Crippen LogP contribution in [0.15, 0.2) is 59.5 Å². The number of carbonyl (C=O) groups is 1. The van der Waals surface area contributed by atoms with Gasteiger partial charge in [0, 0.05) is 16.8 Å². The maximum absolute atomic E-state index is 12.5. The first-order chi connectivity index (χ1) is 12.9. The Morgan fingerprint density at radius 2 is 1.74 bits per heavy atom. The van der Waals surface area contributed by atoms with Gasteiger partial charge in [-0.15, -0.1) is 0 Å². The monoisotopic (exact) mass is 379 g/mol. The van der Waals surface area contributed by atoms with Crippen LogP contribution in [0, 0.1) is 0 Å². The number of fused-ring (bicyclic) bond motifs is 2. The number of carbonyl (C=O) groups excluding carboxylic acids is 1. The molecule has 5 nitrogen and oxygen atoms in total. The lowest BCUT2D eigenvalue weighted by atomic mass is 10.0. The molecule has 3 aliphatic rings. The molecule has 1 aromatic carbocycles. The molecular formula is C21H17NO4S. The van der Waals surface area contributed by atoms with Gasteiger partial charge in [-0.2, -0.15) is 8.42 Å². The van der Waals surface area contributed by atoms with E-state index in [2.05, 4.69) is 24.4 Å². The van der Waals surface area contributed by atoms with E-state index in [1.807, 2.05) is 24.3 Å². The molecule has 0 fully saturated rings. The molecule has 1 amide bonds. The van der Waals surface area contributed by atoms with Gasteiger partial charge in [0.2, 0.25) is 0 Å². The Morgan fingerprint density at radius 3 is 2.44 bits per heavy atom. The highest BCUT2D eigenvalue weighted by Gasteiger charge is 2.27. The molecule has 0 spiro atoms. The third-order valence-corrected chi connectivity index (χ3v) is 5.63. The Labute approximate surface area is 157 Å². The van der Waals surface area contributed by atoms with E-state index in [4.69, 9.17) is 0 Å². The minimum Gasteiger partial charge on any atom is -0.321 e. The third-order valence-electron chi connectivity index (χ3n) is 4.78. The summed E-state index contributed by atoms with van der Waals surface area (Å²) in [5.74, 6) is -0.301. The number of anilines is 1. The predicted octanol–water partition coefficient (Wildman–Crippen LogP) is 4.09. The molecule has 6 heteroatoms. The van der Waals surface area contributed by atoms with Crippen LogP contribution in [-0.2, 0) is 21.3 Å². The Hall–Kier alpha value is -2.96. The molecule has 0 atom stereocenters.